The molecule has 0 fully saturated rings. The van der Waals surface area contributed by atoms with Crippen LogP contribution in [0.2, 0.25) is 0 Å². The number of nitrogens with two attached hydrogens (primary N) is 1. The Bertz CT molecular complexity index is 638. The van der Waals surface area contributed by atoms with E-state index < -0.39 is 0 Å². The molecule has 0 bridgehead atoms. The molecule has 0 radical (unpaired) electrons. The molecule has 110 valence electrons. The summed E-state index contributed by atoms with van der Waals surface area (Å²) >= 11 is 0. The van der Waals surface area contributed by atoms with Crippen LogP contribution in [0.3, 0.4) is 0 Å². The molecular formula is C17H21N3O. The second kappa shape index (κ2) is 6.90. The van der Waals surface area contributed by atoms with Crippen molar-refractivity contribution < 1.29 is 4.79 Å². The number of carbonyl (C=O) groups is 1. The Labute approximate surface area is 125 Å². The van der Waals surface area contributed by atoms with Gasteiger partial charge in [0, 0.05) is 6.54 Å². The van der Waals surface area contributed by atoms with Crippen molar-refractivity contribution in [2.75, 3.05) is 12.0 Å². The molecule has 0 aliphatic rings. The Morgan fingerprint density at radius 1 is 1.10 bits per heavy atom. The second-order valence-corrected chi connectivity index (χ2v) is 5.19. The van der Waals surface area contributed by atoms with E-state index in [1.165, 1.54) is 11.1 Å². The second-order valence-electron chi connectivity index (χ2n) is 5.19. The summed E-state index contributed by atoms with van der Waals surface area (Å²) in [6.45, 7) is 4.62. The fourth-order valence-electron chi connectivity index (χ4n) is 2.26. The number of carbonyl (C=O) groups excluding carboxylic acids is 1. The third-order valence-electron chi connectivity index (χ3n) is 3.36. The van der Waals surface area contributed by atoms with Gasteiger partial charge in [0.2, 0.25) is 0 Å². The van der Waals surface area contributed by atoms with Gasteiger partial charge in [-0.1, -0.05) is 35.9 Å². The van der Waals surface area contributed by atoms with E-state index in [0.717, 1.165) is 12.0 Å². The zero-order valence-electron chi connectivity index (χ0n) is 12.4. The van der Waals surface area contributed by atoms with Crippen molar-refractivity contribution in [2.45, 2.75) is 20.3 Å². The number of nitrogens with one attached hydrogen (secondary N) is 2. The Kier molecular flexibility index (Phi) is 4.95. The predicted molar refractivity (Wildman–Crippen MR) is 86.2 cm³/mol. The number of benzene rings is 2. The minimum atomic E-state index is -0.115. The van der Waals surface area contributed by atoms with E-state index in [9.17, 15) is 4.79 Å². The lowest BCUT2D eigenvalue weighted by Crippen LogP contribution is -2.27. The van der Waals surface area contributed by atoms with Crippen LogP contribution in [-0.2, 0) is 6.42 Å². The number of hydrazine groups is 1. The van der Waals surface area contributed by atoms with Gasteiger partial charge in [0.05, 0.1) is 11.3 Å². The first-order valence-corrected chi connectivity index (χ1v) is 7.01. The van der Waals surface area contributed by atoms with Gasteiger partial charge in [0.1, 0.15) is 0 Å². The van der Waals surface area contributed by atoms with Crippen molar-refractivity contribution >= 4 is 11.6 Å². The van der Waals surface area contributed by atoms with Crippen LogP contribution in [0.5, 0.6) is 0 Å². The molecule has 0 unspecified atom stereocenters. The minimum Gasteiger partial charge on any atom is -0.352 e. The largest absolute Gasteiger partial charge is 0.352 e. The van der Waals surface area contributed by atoms with Gasteiger partial charge in [0.25, 0.3) is 5.91 Å². The summed E-state index contributed by atoms with van der Waals surface area (Å²) in [5, 5.41) is 2.93. The lowest BCUT2D eigenvalue weighted by molar-refractivity contribution is 0.0955. The summed E-state index contributed by atoms with van der Waals surface area (Å²) in [7, 11) is 0. The van der Waals surface area contributed by atoms with E-state index in [0.29, 0.717) is 17.8 Å². The maximum Gasteiger partial charge on any atom is 0.253 e. The van der Waals surface area contributed by atoms with Crippen LogP contribution in [-0.4, -0.2) is 12.5 Å². The molecule has 4 nitrogen and oxygen atoms in total. The van der Waals surface area contributed by atoms with Crippen LogP contribution in [0.25, 0.3) is 0 Å². The molecule has 2 aromatic rings. The molecule has 2 rings (SSSR count). The van der Waals surface area contributed by atoms with Crippen molar-refractivity contribution in [3.63, 3.8) is 0 Å². The van der Waals surface area contributed by atoms with E-state index in [1.54, 1.807) is 6.07 Å². The van der Waals surface area contributed by atoms with E-state index >= 15 is 0 Å². The summed E-state index contributed by atoms with van der Waals surface area (Å²) in [4.78, 5) is 12.2. The summed E-state index contributed by atoms with van der Waals surface area (Å²) in [6.07, 6.45) is 0.810. The summed E-state index contributed by atoms with van der Waals surface area (Å²) in [5.74, 6) is 5.35. The van der Waals surface area contributed by atoms with Gasteiger partial charge in [-0.05, 0) is 43.5 Å². The highest BCUT2D eigenvalue weighted by atomic mass is 16.1. The molecule has 4 N–H and O–H groups in total. The number of nitrogen functional groups attached to an aromatic ring is 1. The maximum atomic E-state index is 12.2. The maximum absolute atomic E-state index is 12.2. The van der Waals surface area contributed by atoms with E-state index in [-0.39, 0.29) is 5.91 Å². The van der Waals surface area contributed by atoms with Gasteiger partial charge >= 0.3 is 0 Å². The van der Waals surface area contributed by atoms with Gasteiger partial charge in [-0.25, -0.2) is 0 Å². The zero-order valence-corrected chi connectivity index (χ0v) is 12.4. The molecule has 0 saturated carbocycles. The summed E-state index contributed by atoms with van der Waals surface area (Å²) < 4.78 is 0. The van der Waals surface area contributed by atoms with Crippen molar-refractivity contribution in [2.24, 2.45) is 5.84 Å². The first kappa shape index (κ1) is 15.1. The quantitative estimate of drug-likeness (QED) is 0.583. The Morgan fingerprint density at radius 3 is 2.57 bits per heavy atom. The van der Waals surface area contributed by atoms with E-state index in [1.807, 2.05) is 25.1 Å². The van der Waals surface area contributed by atoms with Crippen molar-refractivity contribution in [3.05, 3.63) is 64.7 Å². The van der Waals surface area contributed by atoms with Gasteiger partial charge in [0.15, 0.2) is 0 Å². The number of rotatable bonds is 5. The summed E-state index contributed by atoms with van der Waals surface area (Å²) in [6, 6.07) is 13.8. The Hall–Kier alpha value is -2.33. The fraction of sp³-hybridized carbons (Fsp3) is 0.235. The molecule has 1 amide bonds. The molecule has 0 aromatic heterocycles. The van der Waals surface area contributed by atoms with Crippen LogP contribution in [0, 0.1) is 13.8 Å². The van der Waals surface area contributed by atoms with Gasteiger partial charge in [-0.3, -0.25) is 10.6 Å². The van der Waals surface area contributed by atoms with Gasteiger partial charge < -0.3 is 10.7 Å². The molecule has 4 heteroatoms. The Balaban J connectivity index is 1.96. The first-order chi connectivity index (χ1) is 10.1. The minimum absolute atomic E-state index is 0.115. The molecule has 0 atom stereocenters. The lowest BCUT2D eigenvalue weighted by Gasteiger charge is -2.10. The third kappa shape index (κ3) is 4.07. The molecule has 0 aliphatic carbocycles. The van der Waals surface area contributed by atoms with Crippen LogP contribution >= 0.6 is 0 Å². The highest BCUT2D eigenvalue weighted by molar-refractivity contribution is 5.99. The molecule has 0 saturated heterocycles. The van der Waals surface area contributed by atoms with Crippen LogP contribution in [0.1, 0.15) is 27.0 Å². The van der Waals surface area contributed by atoms with Crippen LogP contribution < -0.4 is 16.6 Å². The fourth-order valence-corrected chi connectivity index (χ4v) is 2.26. The normalized spacial score (nSPS) is 10.2. The smallest absolute Gasteiger partial charge is 0.253 e. The monoisotopic (exact) mass is 283 g/mol. The number of amides is 1. The van der Waals surface area contributed by atoms with Crippen molar-refractivity contribution in [3.8, 4) is 0 Å². The SMILES string of the molecule is Cc1cccc(CCNC(=O)c2ccc(C)cc2NN)c1. The molecule has 0 spiro atoms. The number of anilines is 1. The van der Waals surface area contributed by atoms with E-state index in [4.69, 9.17) is 5.84 Å². The zero-order chi connectivity index (χ0) is 15.2. The van der Waals surface area contributed by atoms with Gasteiger partial charge in [-0.2, -0.15) is 0 Å². The van der Waals surface area contributed by atoms with Crippen molar-refractivity contribution in [1.29, 1.82) is 0 Å². The molecule has 21 heavy (non-hydrogen) atoms. The van der Waals surface area contributed by atoms with E-state index in [2.05, 4.69) is 35.9 Å². The third-order valence-corrected chi connectivity index (χ3v) is 3.36. The molecular weight excluding hydrogens is 262 g/mol. The average Bonchev–Trinajstić information content (AvgIpc) is 2.47. The summed E-state index contributed by atoms with van der Waals surface area (Å²) in [5.41, 5.74) is 7.28. The standard InChI is InChI=1S/C17H21N3O/c1-12-4-3-5-14(10-12)8-9-19-17(21)15-7-6-13(2)11-16(15)20-18/h3-7,10-11,20H,8-9,18H2,1-2H3,(H,19,21). The first-order valence-electron chi connectivity index (χ1n) is 7.01. The predicted octanol–water partition coefficient (Wildman–Crippen LogP) is 2.56. The molecule has 0 aliphatic heterocycles. The Morgan fingerprint density at radius 2 is 1.86 bits per heavy atom. The highest BCUT2D eigenvalue weighted by Crippen LogP contribution is 2.16. The molecule has 2 aromatic carbocycles. The van der Waals surface area contributed by atoms with Crippen LogP contribution in [0.15, 0.2) is 42.5 Å². The lowest BCUT2D eigenvalue weighted by atomic mass is 10.1. The van der Waals surface area contributed by atoms with Gasteiger partial charge in [-0.15, -0.1) is 0 Å². The topological polar surface area (TPSA) is 67.2 Å². The highest BCUT2D eigenvalue weighted by Gasteiger charge is 2.10. The van der Waals surface area contributed by atoms with Crippen molar-refractivity contribution in [1.82, 2.24) is 5.32 Å². The number of hydrogen-bond donors (Lipinski definition) is 3. The average molecular weight is 283 g/mol. The number of aryl methyl sites for hydroxylation is 2. The molecule has 0 heterocycles. The number of hydrogen-bond acceptors (Lipinski definition) is 3. The van der Waals surface area contributed by atoms with Crippen LogP contribution in [0.4, 0.5) is 5.69 Å².